The second-order valence-electron chi connectivity index (χ2n) is 2.20. The molecule has 0 aromatic rings. The highest BCUT2D eigenvalue weighted by Crippen LogP contribution is 1.76. The molecule has 0 aromatic heterocycles. The van der Waals surface area contributed by atoms with Crippen molar-refractivity contribution in [3.05, 3.63) is 12.7 Å². The summed E-state index contributed by atoms with van der Waals surface area (Å²) in [5.41, 5.74) is 0. The van der Waals surface area contributed by atoms with Gasteiger partial charge in [-0.3, -0.25) is 4.79 Å². The van der Waals surface area contributed by atoms with Gasteiger partial charge in [-0.25, -0.2) is 0 Å². The van der Waals surface area contributed by atoms with Gasteiger partial charge < -0.3 is 10.6 Å². The maximum absolute atomic E-state index is 10.9. The van der Waals surface area contributed by atoms with Crippen LogP contribution in [-0.2, 0) is 4.79 Å². The van der Waals surface area contributed by atoms with Crippen LogP contribution in [0.5, 0.6) is 0 Å². The molecular weight excluding hydrogens is 140 g/mol. The average molecular weight is 156 g/mol. The van der Waals surface area contributed by atoms with E-state index in [0.29, 0.717) is 13.0 Å². The Kier molecular flexibility index (Phi) is 6.73. The molecule has 0 spiro atoms. The van der Waals surface area contributed by atoms with Crippen LogP contribution in [0, 0.1) is 0 Å². The molecule has 11 heavy (non-hydrogen) atoms. The van der Waals surface area contributed by atoms with E-state index in [1.165, 1.54) is 0 Å². The van der Waals surface area contributed by atoms with Gasteiger partial charge in [-0.05, 0) is 6.54 Å². The van der Waals surface area contributed by atoms with Crippen LogP contribution in [0.2, 0.25) is 0 Å². The van der Waals surface area contributed by atoms with Gasteiger partial charge in [0, 0.05) is 19.5 Å². The van der Waals surface area contributed by atoms with Gasteiger partial charge in [0.1, 0.15) is 0 Å². The van der Waals surface area contributed by atoms with Gasteiger partial charge in [-0.2, -0.15) is 0 Å². The summed E-state index contributed by atoms with van der Waals surface area (Å²) in [6, 6.07) is 0. The molecule has 0 heterocycles. The van der Waals surface area contributed by atoms with Crippen molar-refractivity contribution in [2.24, 2.45) is 0 Å². The molecule has 3 heteroatoms. The van der Waals surface area contributed by atoms with Crippen LogP contribution in [0.1, 0.15) is 13.3 Å². The van der Waals surface area contributed by atoms with Crippen LogP contribution in [0.15, 0.2) is 12.7 Å². The molecule has 0 saturated carbocycles. The smallest absolute Gasteiger partial charge is 0.221 e. The third-order valence-corrected chi connectivity index (χ3v) is 1.22. The number of amides is 1. The zero-order chi connectivity index (χ0) is 8.53. The first-order valence-electron chi connectivity index (χ1n) is 3.89. The maximum atomic E-state index is 10.9. The summed E-state index contributed by atoms with van der Waals surface area (Å²) in [6.45, 7) is 7.74. The van der Waals surface area contributed by atoms with Crippen molar-refractivity contribution in [2.45, 2.75) is 13.3 Å². The lowest BCUT2D eigenvalue weighted by atomic mass is 10.4. The normalized spacial score (nSPS) is 9.18. The number of carbonyl (C=O) groups is 1. The Morgan fingerprint density at radius 3 is 2.91 bits per heavy atom. The van der Waals surface area contributed by atoms with Gasteiger partial charge in [0.2, 0.25) is 5.91 Å². The summed E-state index contributed by atoms with van der Waals surface area (Å²) in [4.78, 5) is 10.9. The van der Waals surface area contributed by atoms with Crippen LogP contribution in [0.3, 0.4) is 0 Å². The molecule has 0 aliphatic carbocycles. The van der Waals surface area contributed by atoms with E-state index in [1.807, 2.05) is 6.92 Å². The van der Waals surface area contributed by atoms with E-state index in [4.69, 9.17) is 0 Å². The highest BCUT2D eigenvalue weighted by atomic mass is 16.1. The lowest BCUT2D eigenvalue weighted by Crippen LogP contribution is -2.27. The van der Waals surface area contributed by atoms with Crippen LogP contribution < -0.4 is 10.6 Å². The minimum absolute atomic E-state index is 0.0749. The molecule has 0 aliphatic rings. The standard InChI is InChI=1S/C8H16N2O/c1-3-6-10-8(11)5-7-9-4-2/h3,9H,1,4-7H2,2H3,(H,10,11). The Bertz CT molecular complexity index is 123. The summed E-state index contributed by atoms with van der Waals surface area (Å²) in [5.74, 6) is 0.0749. The van der Waals surface area contributed by atoms with E-state index in [-0.39, 0.29) is 5.91 Å². The highest BCUT2D eigenvalue weighted by molar-refractivity contribution is 5.76. The number of carbonyl (C=O) groups excluding carboxylic acids is 1. The minimum atomic E-state index is 0.0749. The number of hydrogen-bond acceptors (Lipinski definition) is 2. The van der Waals surface area contributed by atoms with Gasteiger partial charge in [0.15, 0.2) is 0 Å². The molecule has 0 fully saturated rings. The molecule has 0 unspecified atom stereocenters. The van der Waals surface area contributed by atoms with Crippen molar-refractivity contribution < 1.29 is 4.79 Å². The molecule has 0 rings (SSSR count). The second-order valence-corrected chi connectivity index (χ2v) is 2.20. The minimum Gasteiger partial charge on any atom is -0.353 e. The van der Waals surface area contributed by atoms with Gasteiger partial charge >= 0.3 is 0 Å². The van der Waals surface area contributed by atoms with Crippen molar-refractivity contribution in [3.8, 4) is 0 Å². The Balaban J connectivity index is 3.15. The molecule has 0 saturated heterocycles. The van der Waals surface area contributed by atoms with E-state index in [0.717, 1.165) is 13.1 Å². The van der Waals surface area contributed by atoms with E-state index in [9.17, 15) is 4.79 Å². The monoisotopic (exact) mass is 156 g/mol. The number of rotatable bonds is 6. The Labute approximate surface area is 67.9 Å². The van der Waals surface area contributed by atoms with E-state index in [1.54, 1.807) is 6.08 Å². The first kappa shape index (κ1) is 10.2. The fourth-order valence-electron chi connectivity index (χ4n) is 0.653. The predicted molar refractivity (Wildman–Crippen MR) is 46.4 cm³/mol. The summed E-state index contributed by atoms with van der Waals surface area (Å²) < 4.78 is 0. The Hall–Kier alpha value is -0.830. The van der Waals surface area contributed by atoms with Gasteiger partial charge in [0.25, 0.3) is 0 Å². The fourth-order valence-corrected chi connectivity index (χ4v) is 0.653. The van der Waals surface area contributed by atoms with E-state index >= 15 is 0 Å². The van der Waals surface area contributed by atoms with Gasteiger partial charge in [-0.1, -0.05) is 13.0 Å². The van der Waals surface area contributed by atoms with Crippen LogP contribution >= 0.6 is 0 Å². The first-order valence-corrected chi connectivity index (χ1v) is 3.89. The fraction of sp³-hybridized carbons (Fsp3) is 0.625. The third-order valence-electron chi connectivity index (χ3n) is 1.22. The average Bonchev–Trinajstić information content (AvgIpc) is 2.01. The summed E-state index contributed by atoms with van der Waals surface area (Å²) in [7, 11) is 0. The van der Waals surface area contributed by atoms with Gasteiger partial charge in [0.05, 0.1) is 0 Å². The quantitative estimate of drug-likeness (QED) is 0.428. The van der Waals surface area contributed by atoms with Gasteiger partial charge in [-0.15, -0.1) is 6.58 Å². The lowest BCUT2D eigenvalue weighted by Gasteiger charge is -2.01. The predicted octanol–water partition coefficient (Wildman–Crippen LogP) is 0.288. The Morgan fingerprint density at radius 1 is 1.64 bits per heavy atom. The summed E-state index contributed by atoms with van der Waals surface area (Å²) >= 11 is 0. The number of hydrogen-bond donors (Lipinski definition) is 2. The van der Waals surface area contributed by atoms with Crippen molar-refractivity contribution in [3.63, 3.8) is 0 Å². The lowest BCUT2D eigenvalue weighted by molar-refractivity contribution is -0.120. The summed E-state index contributed by atoms with van der Waals surface area (Å²) in [6.07, 6.45) is 2.22. The van der Waals surface area contributed by atoms with Crippen molar-refractivity contribution in [1.82, 2.24) is 10.6 Å². The Morgan fingerprint density at radius 2 is 2.36 bits per heavy atom. The second kappa shape index (κ2) is 7.28. The van der Waals surface area contributed by atoms with Crippen LogP contribution in [0.4, 0.5) is 0 Å². The molecule has 1 amide bonds. The number of nitrogens with one attached hydrogen (secondary N) is 2. The largest absolute Gasteiger partial charge is 0.353 e. The molecule has 64 valence electrons. The van der Waals surface area contributed by atoms with Crippen molar-refractivity contribution in [2.75, 3.05) is 19.6 Å². The SMILES string of the molecule is C=CCNC(=O)CCNCC. The maximum Gasteiger partial charge on any atom is 0.221 e. The van der Waals surface area contributed by atoms with E-state index < -0.39 is 0 Å². The zero-order valence-corrected chi connectivity index (χ0v) is 7.02. The molecule has 0 radical (unpaired) electrons. The van der Waals surface area contributed by atoms with E-state index in [2.05, 4.69) is 17.2 Å². The molecule has 0 aliphatic heterocycles. The van der Waals surface area contributed by atoms with Crippen molar-refractivity contribution in [1.29, 1.82) is 0 Å². The molecular formula is C8H16N2O. The van der Waals surface area contributed by atoms with Crippen molar-refractivity contribution >= 4 is 5.91 Å². The van der Waals surface area contributed by atoms with Crippen LogP contribution in [0.25, 0.3) is 0 Å². The molecule has 0 bridgehead atoms. The topological polar surface area (TPSA) is 41.1 Å². The van der Waals surface area contributed by atoms with Crippen LogP contribution in [-0.4, -0.2) is 25.5 Å². The summed E-state index contributed by atoms with van der Waals surface area (Å²) in [5, 5.41) is 5.76. The molecule has 3 nitrogen and oxygen atoms in total. The first-order chi connectivity index (χ1) is 5.31. The highest BCUT2D eigenvalue weighted by Gasteiger charge is 1.96. The molecule has 0 atom stereocenters. The third kappa shape index (κ3) is 7.06. The molecule has 2 N–H and O–H groups in total. The zero-order valence-electron chi connectivity index (χ0n) is 7.02. The molecule has 0 aromatic carbocycles.